The first-order valence-electron chi connectivity index (χ1n) is 11.3. The van der Waals surface area contributed by atoms with E-state index in [1.807, 2.05) is 37.3 Å². The van der Waals surface area contributed by atoms with Gasteiger partial charge in [-0.1, -0.05) is 72.8 Å². The molecule has 0 aliphatic rings. The van der Waals surface area contributed by atoms with E-state index in [-0.39, 0.29) is 33.7 Å². The van der Waals surface area contributed by atoms with E-state index in [4.69, 9.17) is 0 Å². The number of anilines is 2. The maximum absolute atomic E-state index is 13.2. The summed E-state index contributed by atoms with van der Waals surface area (Å²) < 4.78 is 28.1. The molecule has 0 spiro atoms. The van der Waals surface area contributed by atoms with E-state index in [0.717, 1.165) is 5.56 Å². The third-order valence-corrected chi connectivity index (χ3v) is 6.92. The summed E-state index contributed by atoms with van der Waals surface area (Å²) in [6.07, 6.45) is 0. The van der Waals surface area contributed by atoms with Gasteiger partial charge in [0.1, 0.15) is 0 Å². The number of carbonyl (C=O) groups is 2. The van der Waals surface area contributed by atoms with Gasteiger partial charge in [-0.25, -0.2) is 8.42 Å². The van der Waals surface area contributed by atoms with Crippen molar-refractivity contribution in [2.45, 2.75) is 17.9 Å². The standard InChI is InChI=1S/C28H25N3O4S/c1-20(21-12-4-2-5-13-21)29-27(32)23-16-8-10-18-25(23)30-28(33)24-17-9-11-19-26(24)31-36(34,35)22-14-6-3-7-15-22/h2-20,31H,1H3,(H,29,32)(H,30,33)/t20-/m1/s1. The monoisotopic (exact) mass is 499 g/mol. The van der Waals surface area contributed by atoms with Crippen LogP contribution in [0.3, 0.4) is 0 Å². The molecule has 0 aliphatic carbocycles. The molecule has 0 fully saturated rings. The van der Waals surface area contributed by atoms with Crippen LogP contribution in [0.25, 0.3) is 0 Å². The van der Waals surface area contributed by atoms with Gasteiger partial charge in [0.15, 0.2) is 0 Å². The van der Waals surface area contributed by atoms with Crippen LogP contribution in [0.15, 0.2) is 114 Å². The van der Waals surface area contributed by atoms with Gasteiger partial charge >= 0.3 is 0 Å². The summed E-state index contributed by atoms with van der Waals surface area (Å²) in [6.45, 7) is 1.88. The SMILES string of the molecule is C[C@@H](NC(=O)c1ccccc1NC(=O)c1ccccc1NS(=O)(=O)c1ccccc1)c1ccccc1. The van der Waals surface area contributed by atoms with E-state index in [1.165, 1.54) is 24.3 Å². The Morgan fingerprint density at radius 2 is 1.14 bits per heavy atom. The first-order valence-corrected chi connectivity index (χ1v) is 12.8. The number of hydrogen-bond acceptors (Lipinski definition) is 4. The molecule has 4 rings (SSSR count). The van der Waals surface area contributed by atoms with E-state index in [1.54, 1.807) is 54.6 Å². The lowest BCUT2D eigenvalue weighted by Gasteiger charge is -2.17. The number of carbonyl (C=O) groups excluding carboxylic acids is 2. The lowest BCUT2D eigenvalue weighted by Crippen LogP contribution is -2.28. The summed E-state index contributed by atoms with van der Waals surface area (Å²) in [5.74, 6) is -0.905. The molecule has 36 heavy (non-hydrogen) atoms. The Balaban J connectivity index is 1.55. The van der Waals surface area contributed by atoms with Crippen LogP contribution < -0.4 is 15.4 Å². The largest absolute Gasteiger partial charge is 0.345 e. The first kappa shape index (κ1) is 24.7. The zero-order valence-corrected chi connectivity index (χ0v) is 20.3. The van der Waals surface area contributed by atoms with E-state index < -0.39 is 15.9 Å². The number of sulfonamides is 1. The van der Waals surface area contributed by atoms with Crippen LogP contribution in [-0.2, 0) is 10.0 Å². The van der Waals surface area contributed by atoms with Crippen LogP contribution in [-0.4, -0.2) is 20.2 Å². The fraction of sp³-hybridized carbons (Fsp3) is 0.0714. The second kappa shape index (κ2) is 10.9. The molecule has 0 aliphatic heterocycles. The number of rotatable bonds is 8. The fourth-order valence-corrected chi connectivity index (χ4v) is 4.75. The summed E-state index contributed by atoms with van der Waals surface area (Å²) in [5, 5.41) is 5.70. The highest BCUT2D eigenvalue weighted by Crippen LogP contribution is 2.23. The van der Waals surface area contributed by atoms with Crippen molar-refractivity contribution in [1.82, 2.24) is 5.32 Å². The quantitative estimate of drug-likeness (QED) is 0.309. The Bertz CT molecular complexity index is 1470. The van der Waals surface area contributed by atoms with Crippen LogP contribution >= 0.6 is 0 Å². The number of benzene rings is 4. The van der Waals surface area contributed by atoms with Gasteiger partial charge in [-0.2, -0.15) is 0 Å². The van der Waals surface area contributed by atoms with Crippen molar-refractivity contribution in [2.24, 2.45) is 0 Å². The maximum Gasteiger partial charge on any atom is 0.261 e. The summed E-state index contributed by atoms with van der Waals surface area (Å²) in [6, 6.07) is 30.1. The zero-order valence-electron chi connectivity index (χ0n) is 19.5. The summed E-state index contributed by atoms with van der Waals surface area (Å²) >= 11 is 0. The molecule has 3 N–H and O–H groups in total. The lowest BCUT2D eigenvalue weighted by atomic mass is 10.1. The van der Waals surface area contributed by atoms with Gasteiger partial charge in [-0.05, 0) is 48.9 Å². The third kappa shape index (κ3) is 5.79. The molecular formula is C28H25N3O4S. The fourth-order valence-electron chi connectivity index (χ4n) is 3.65. The predicted octanol–water partition coefficient (Wildman–Crippen LogP) is 5.23. The topological polar surface area (TPSA) is 104 Å². The third-order valence-electron chi connectivity index (χ3n) is 5.54. The average Bonchev–Trinajstić information content (AvgIpc) is 2.90. The highest BCUT2D eigenvalue weighted by molar-refractivity contribution is 7.92. The summed E-state index contributed by atoms with van der Waals surface area (Å²) in [4.78, 5) is 26.3. The molecule has 0 radical (unpaired) electrons. The molecule has 0 bridgehead atoms. The number of para-hydroxylation sites is 2. The molecule has 1 atom stereocenters. The number of nitrogens with one attached hydrogen (secondary N) is 3. The van der Waals surface area contributed by atoms with Crippen molar-refractivity contribution in [1.29, 1.82) is 0 Å². The normalized spacial score (nSPS) is 11.8. The Morgan fingerprint density at radius 3 is 1.78 bits per heavy atom. The smallest absolute Gasteiger partial charge is 0.261 e. The van der Waals surface area contributed by atoms with Gasteiger partial charge in [0.05, 0.1) is 33.4 Å². The summed E-state index contributed by atoms with van der Waals surface area (Å²) in [5.41, 5.74) is 1.78. The number of hydrogen-bond donors (Lipinski definition) is 3. The van der Waals surface area contributed by atoms with E-state index in [2.05, 4.69) is 15.4 Å². The molecule has 4 aromatic rings. The molecule has 8 heteroatoms. The van der Waals surface area contributed by atoms with Crippen LogP contribution in [0.1, 0.15) is 39.2 Å². The lowest BCUT2D eigenvalue weighted by molar-refractivity contribution is 0.0940. The van der Waals surface area contributed by atoms with Crippen LogP contribution in [0.2, 0.25) is 0 Å². The van der Waals surface area contributed by atoms with Gasteiger partial charge in [0.25, 0.3) is 21.8 Å². The molecular weight excluding hydrogens is 474 g/mol. The molecule has 0 saturated carbocycles. The second-order valence-electron chi connectivity index (χ2n) is 8.07. The summed E-state index contributed by atoms with van der Waals surface area (Å²) in [7, 11) is -3.90. The van der Waals surface area contributed by atoms with Crippen molar-refractivity contribution in [3.05, 3.63) is 126 Å². The molecule has 0 heterocycles. The van der Waals surface area contributed by atoms with Crippen molar-refractivity contribution in [3.8, 4) is 0 Å². The molecule has 7 nitrogen and oxygen atoms in total. The average molecular weight is 500 g/mol. The van der Waals surface area contributed by atoms with Crippen molar-refractivity contribution in [3.63, 3.8) is 0 Å². The molecule has 0 saturated heterocycles. The van der Waals surface area contributed by atoms with Crippen molar-refractivity contribution < 1.29 is 18.0 Å². The molecule has 0 aromatic heterocycles. The second-order valence-corrected chi connectivity index (χ2v) is 9.75. The van der Waals surface area contributed by atoms with Crippen LogP contribution in [0.4, 0.5) is 11.4 Å². The number of amides is 2. The van der Waals surface area contributed by atoms with Gasteiger partial charge in [0, 0.05) is 0 Å². The molecule has 182 valence electrons. The minimum atomic E-state index is -3.90. The van der Waals surface area contributed by atoms with Crippen molar-refractivity contribution in [2.75, 3.05) is 10.0 Å². The molecule has 0 unspecified atom stereocenters. The van der Waals surface area contributed by atoms with Gasteiger partial charge < -0.3 is 10.6 Å². The van der Waals surface area contributed by atoms with Gasteiger partial charge in [0.2, 0.25) is 0 Å². The predicted molar refractivity (Wildman–Crippen MR) is 140 cm³/mol. The van der Waals surface area contributed by atoms with Crippen LogP contribution in [0.5, 0.6) is 0 Å². The Labute approximate surface area is 210 Å². The van der Waals surface area contributed by atoms with E-state index in [0.29, 0.717) is 5.69 Å². The highest BCUT2D eigenvalue weighted by atomic mass is 32.2. The molecule has 2 amide bonds. The molecule has 4 aromatic carbocycles. The van der Waals surface area contributed by atoms with E-state index in [9.17, 15) is 18.0 Å². The minimum absolute atomic E-state index is 0.0785. The Morgan fingerprint density at radius 1 is 0.639 bits per heavy atom. The Kier molecular flexibility index (Phi) is 7.46. The Hall–Kier alpha value is -4.43. The zero-order chi connectivity index (χ0) is 25.5. The minimum Gasteiger partial charge on any atom is -0.345 e. The maximum atomic E-state index is 13.2. The first-order chi connectivity index (χ1) is 17.3. The van der Waals surface area contributed by atoms with E-state index >= 15 is 0 Å². The van der Waals surface area contributed by atoms with Crippen LogP contribution in [0, 0.1) is 0 Å². The van der Waals surface area contributed by atoms with Gasteiger partial charge in [-0.15, -0.1) is 0 Å². The highest BCUT2D eigenvalue weighted by Gasteiger charge is 2.20. The van der Waals surface area contributed by atoms with Gasteiger partial charge in [-0.3, -0.25) is 14.3 Å². The van der Waals surface area contributed by atoms with Crippen molar-refractivity contribution >= 4 is 33.2 Å².